The van der Waals surface area contributed by atoms with Gasteiger partial charge in [0.1, 0.15) is 0 Å². The molecule has 0 aliphatic carbocycles. The Balaban J connectivity index is 2.81. The van der Waals surface area contributed by atoms with Crippen LogP contribution in [0.1, 0.15) is 49.9 Å². The van der Waals surface area contributed by atoms with Gasteiger partial charge in [-0.1, -0.05) is 38.3 Å². The first-order valence-electron chi connectivity index (χ1n) is 6.83. The first kappa shape index (κ1) is 16.5. The Morgan fingerprint density at radius 1 is 1.25 bits per heavy atom. The minimum Gasteiger partial charge on any atom is -0.478 e. The van der Waals surface area contributed by atoms with Crippen molar-refractivity contribution < 1.29 is 14.7 Å². The van der Waals surface area contributed by atoms with Crippen molar-refractivity contribution >= 4 is 29.2 Å². The zero-order chi connectivity index (χ0) is 15.1. The van der Waals surface area contributed by atoms with E-state index in [0.29, 0.717) is 5.69 Å². The first-order valence-corrected chi connectivity index (χ1v) is 7.21. The predicted molar refractivity (Wildman–Crippen MR) is 80.3 cm³/mol. The molecule has 1 aromatic rings. The summed E-state index contributed by atoms with van der Waals surface area (Å²) in [6.07, 6.45) is 3.57. The Bertz CT molecular complexity index is 482. The molecule has 0 heterocycles. The van der Waals surface area contributed by atoms with Crippen LogP contribution in [0, 0.1) is 5.92 Å². The minimum atomic E-state index is -1.04. The van der Waals surface area contributed by atoms with Crippen molar-refractivity contribution in [2.45, 2.75) is 39.5 Å². The van der Waals surface area contributed by atoms with Crippen LogP contribution in [0.4, 0.5) is 5.69 Å². The van der Waals surface area contributed by atoms with Gasteiger partial charge >= 0.3 is 5.97 Å². The summed E-state index contributed by atoms with van der Waals surface area (Å²) in [5.41, 5.74) is 0.561. The minimum absolute atomic E-state index is 0.0276. The number of benzene rings is 1. The summed E-state index contributed by atoms with van der Waals surface area (Å²) >= 11 is 6.00. The lowest BCUT2D eigenvalue weighted by Crippen LogP contribution is -2.23. The maximum absolute atomic E-state index is 12.2. The summed E-state index contributed by atoms with van der Waals surface area (Å²) in [7, 11) is 0. The molecule has 0 unspecified atom stereocenters. The molecule has 110 valence electrons. The summed E-state index contributed by atoms with van der Waals surface area (Å²) in [6.45, 7) is 4.09. The fraction of sp³-hybridized carbons (Fsp3) is 0.467. The van der Waals surface area contributed by atoms with Gasteiger partial charge in [0.05, 0.1) is 16.3 Å². The second kappa shape index (κ2) is 7.90. The quantitative estimate of drug-likeness (QED) is 0.793. The molecular formula is C15H20ClNO3. The van der Waals surface area contributed by atoms with Crippen molar-refractivity contribution in [3.8, 4) is 0 Å². The summed E-state index contributed by atoms with van der Waals surface area (Å²) in [5, 5.41) is 11.9. The Labute approximate surface area is 124 Å². The predicted octanol–water partition coefficient (Wildman–Crippen LogP) is 4.19. The number of carbonyl (C=O) groups is 2. The Morgan fingerprint density at radius 3 is 2.30 bits per heavy atom. The molecule has 1 rings (SSSR count). The molecule has 1 aromatic carbocycles. The highest BCUT2D eigenvalue weighted by Gasteiger charge is 2.18. The van der Waals surface area contributed by atoms with Crippen LogP contribution in [0.5, 0.6) is 0 Å². The Morgan fingerprint density at radius 2 is 1.85 bits per heavy atom. The lowest BCUT2D eigenvalue weighted by molar-refractivity contribution is -0.120. The van der Waals surface area contributed by atoms with Crippen LogP contribution >= 0.6 is 11.6 Å². The maximum atomic E-state index is 12.2. The zero-order valence-electron chi connectivity index (χ0n) is 11.8. The van der Waals surface area contributed by atoms with Gasteiger partial charge in [0.2, 0.25) is 5.91 Å². The van der Waals surface area contributed by atoms with Crippen molar-refractivity contribution in [2.75, 3.05) is 5.32 Å². The van der Waals surface area contributed by atoms with E-state index in [1.807, 2.05) is 13.8 Å². The molecule has 0 aliphatic rings. The van der Waals surface area contributed by atoms with Crippen molar-refractivity contribution in [3.63, 3.8) is 0 Å². The smallest absolute Gasteiger partial charge is 0.335 e. The second-order valence-corrected chi connectivity index (χ2v) is 5.17. The molecule has 0 atom stereocenters. The van der Waals surface area contributed by atoms with E-state index in [1.165, 1.54) is 18.2 Å². The summed E-state index contributed by atoms with van der Waals surface area (Å²) in [6, 6.07) is 4.30. The van der Waals surface area contributed by atoms with Gasteiger partial charge in [-0.2, -0.15) is 0 Å². The van der Waals surface area contributed by atoms with Gasteiger partial charge in [-0.05, 0) is 31.0 Å². The number of carboxylic acid groups (broad SMARTS) is 1. The maximum Gasteiger partial charge on any atom is 0.335 e. The molecule has 2 N–H and O–H groups in total. The number of amides is 1. The van der Waals surface area contributed by atoms with Crippen molar-refractivity contribution in [3.05, 3.63) is 28.8 Å². The number of hydrogen-bond acceptors (Lipinski definition) is 2. The second-order valence-electron chi connectivity index (χ2n) is 4.76. The Kier molecular flexibility index (Phi) is 6.52. The SMILES string of the molecule is CCCC(CCC)C(=O)Nc1ccc(C(=O)O)cc1Cl. The molecule has 4 nitrogen and oxygen atoms in total. The van der Waals surface area contributed by atoms with Gasteiger partial charge in [0, 0.05) is 5.92 Å². The van der Waals surface area contributed by atoms with Gasteiger partial charge < -0.3 is 10.4 Å². The average Bonchev–Trinajstić information content (AvgIpc) is 2.40. The van der Waals surface area contributed by atoms with Crippen molar-refractivity contribution in [1.82, 2.24) is 0 Å². The number of halogens is 1. The number of nitrogens with one attached hydrogen (secondary N) is 1. The van der Waals surface area contributed by atoms with Crippen LogP contribution in [0.25, 0.3) is 0 Å². The van der Waals surface area contributed by atoms with E-state index in [1.54, 1.807) is 0 Å². The van der Waals surface area contributed by atoms with Crippen LogP contribution in [-0.4, -0.2) is 17.0 Å². The van der Waals surface area contributed by atoms with Gasteiger partial charge in [-0.25, -0.2) is 4.79 Å². The monoisotopic (exact) mass is 297 g/mol. The van der Waals surface area contributed by atoms with Gasteiger partial charge in [0.25, 0.3) is 0 Å². The lowest BCUT2D eigenvalue weighted by atomic mass is 9.97. The van der Waals surface area contributed by atoms with Crippen LogP contribution in [0.15, 0.2) is 18.2 Å². The molecule has 0 aliphatic heterocycles. The zero-order valence-corrected chi connectivity index (χ0v) is 12.5. The largest absolute Gasteiger partial charge is 0.478 e. The molecule has 0 bridgehead atoms. The number of rotatable bonds is 7. The number of hydrogen-bond donors (Lipinski definition) is 2. The molecule has 0 aromatic heterocycles. The molecule has 0 spiro atoms. The van der Waals surface area contributed by atoms with Crippen LogP contribution in [0.3, 0.4) is 0 Å². The van der Waals surface area contributed by atoms with E-state index in [-0.39, 0.29) is 22.4 Å². The van der Waals surface area contributed by atoms with Gasteiger partial charge in [0.15, 0.2) is 0 Å². The molecule has 0 radical (unpaired) electrons. The number of aromatic carboxylic acids is 1. The molecular weight excluding hydrogens is 278 g/mol. The highest BCUT2D eigenvalue weighted by atomic mass is 35.5. The van der Waals surface area contributed by atoms with E-state index in [4.69, 9.17) is 16.7 Å². The fourth-order valence-corrected chi connectivity index (χ4v) is 2.32. The molecule has 20 heavy (non-hydrogen) atoms. The molecule has 1 amide bonds. The number of anilines is 1. The standard InChI is InChI=1S/C15H20ClNO3/c1-3-5-10(6-4-2)14(18)17-13-8-7-11(15(19)20)9-12(13)16/h7-10H,3-6H2,1-2H3,(H,17,18)(H,19,20). The average molecular weight is 298 g/mol. The summed E-state index contributed by atoms with van der Waals surface area (Å²) in [4.78, 5) is 23.0. The highest BCUT2D eigenvalue weighted by Crippen LogP contribution is 2.25. The molecule has 0 saturated carbocycles. The number of carboxylic acids is 1. The molecule has 5 heteroatoms. The summed E-state index contributed by atoms with van der Waals surface area (Å²) in [5.74, 6) is -1.13. The normalized spacial score (nSPS) is 10.6. The van der Waals surface area contributed by atoms with E-state index in [9.17, 15) is 9.59 Å². The van der Waals surface area contributed by atoms with Crippen molar-refractivity contribution in [1.29, 1.82) is 0 Å². The lowest BCUT2D eigenvalue weighted by Gasteiger charge is -2.16. The van der Waals surface area contributed by atoms with E-state index < -0.39 is 5.97 Å². The van der Waals surface area contributed by atoms with Crippen LogP contribution in [-0.2, 0) is 4.79 Å². The number of carbonyl (C=O) groups excluding carboxylic acids is 1. The van der Waals surface area contributed by atoms with Gasteiger partial charge in [-0.15, -0.1) is 0 Å². The fourth-order valence-electron chi connectivity index (χ4n) is 2.09. The van der Waals surface area contributed by atoms with Gasteiger partial charge in [-0.3, -0.25) is 4.79 Å². The third kappa shape index (κ3) is 4.53. The Hall–Kier alpha value is -1.55. The van der Waals surface area contributed by atoms with E-state index in [0.717, 1.165) is 25.7 Å². The molecule has 0 fully saturated rings. The highest BCUT2D eigenvalue weighted by molar-refractivity contribution is 6.34. The summed E-state index contributed by atoms with van der Waals surface area (Å²) < 4.78 is 0. The first-order chi connectivity index (χ1) is 9.49. The topological polar surface area (TPSA) is 66.4 Å². The third-order valence-corrected chi connectivity index (χ3v) is 3.43. The third-order valence-electron chi connectivity index (χ3n) is 3.12. The van der Waals surface area contributed by atoms with E-state index in [2.05, 4.69) is 5.32 Å². The van der Waals surface area contributed by atoms with Crippen molar-refractivity contribution in [2.24, 2.45) is 5.92 Å². The van der Waals surface area contributed by atoms with Crippen LogP contribution < -0.4 is 5.32 Å². The van der Waals surface area contributed by atoms with E-state index >= 15 is 0 Å². The van der Waals surface area contributed by atoms with Crippen LogP contribution in [0.2, 0.25) is 5.02 Å². The molecule has 0 saturated heterocycles.